The van der Waals surface area contributed by atoms with E-state index in [0.29, 0.717) is 29.4 Å². The van der Waals surface area contributed by atoms with Gasteiger partial charge in [-0.3, -0.25) is 9.72 Å². The average Bonchev–Trinajstić information content (AvgIpc) is 3.54. The van der Waals surface area contributed by atoms with Crippen molar-refractivity contribution >= 4 is 50.0 Å². The van der Waals surface area contributed by atoms with Crippen molar-refractivity contribution in [2.75, 3.05) is 17.2 Å². The molecule has 2 N–H and O–H groups in total. The number of anilines is 2. The maximum Gasteiger partial charge on any atom is 0.338 e. The Morgan fingerprint density at radius 1 is 1.08 bits per heavy atom. The van der Waals surface area contributed by atoms with E-state index in [1.165, 1.54) is 0 Å². The zero-order valence-electron chi connectivity index (χ0n) is 20.3. The summed E-state index contributed by atoms with van der Waals surface area (Å²) in [6, 6.07) is 14.2. The first-order chi connectivity index (χ1) is 17.2. The highest BCUT2D eigenvalue weighted by Crippen LogP contribution is 2.31. The molecule has 9 nitrogen and oxygen atoms in total. The smallest absolute Gasteiger partial charge is 0.338 e. The number of nitrogens with zero attached hydrogens (tertiary/aromatic N) is 3. The molecule has 2 aromatic carbocycles. The van der Waals surface area contributed by atoms with Crippen LogP contribution in [0.2, 0.25) is 0 Å². The Hall–Kier alpha value is -4.18. The van der Waals surface area contributed by atoms with Gasteiger partial charge in [0, 0.05) is 28.9 Å². The number of imidazole rings is 1. The number of benzene rings is 2. The van der Waals surface area contributed by atoms with Crippen molar-refractivity contribution in [3.05, 3.63) is 66.1 Å². The minimum Gasteiger partial charge on any atom is -0.462 e. The van der Waals surface area contributed by atoms with Gasteiger partial charge in [-0.15, -0.1) is 0 Å². The van der Waals surface area contributed by atoms with Gasteiger partial charge in [0.25, 0.3) is 0 Å². The molecule has 0 atom stereocenters. The number of rotatable bonds is 5. The number of ether oxygens (including phenoxy) is 1. The molecule has 0 bridgehead atoms. The second kappa shape index (κ2) is 9.12. The molecule has 0 aliphatic carbocycles. The van der Waals surface area contributed by atoms with E-state index in [0.717, 1.165) is 26.4 Å². The van der Waals surface area contributed by atoms with Gasteiger partial charge >= 0.3 is 12.0 Å². The molecule has 3 heterocycles. The fraction of sp³-hybridized carbons (Fsp3) is 0.231. The lowest BCUT2D eigenvalue weighted by Gasteiger charge is -2.12. The normalized spacial score (nSPS) is 11.7. The Labute approximate surface area is 211 Å². The number of amides is 2. The van der Waals surface area contributed by atoms with E-state index >= 15 is 0 Å². The molecule has 2 amide bonds. The maximum absolute atomic E-state index is 12.4. The van der Waals surface area contributed by atoms with Gasteiger partial charge < -0.3 is 14.6 Å². The fourth-order valence-corrected chi connectivity index (χ4v) is 4.66. The van der Waals surface area contributed by atoms with Crippen LogP contribution >= 0.6 is 11.3 Å². The molecule has 10 heteroatoms. The van der Waals surface area contributed by atoms with Crippen LogP contribution in [0.4, 0.5) is 16.3 Å². The predicted octanol–water partition coefficient (Wildman–Crippen LogP) is 6.32. The lowest BCUT2D eigenvalue weighted by atomic mass is 9.93. The molecule has 0 spiro atoms. The average molecular weight is 504 g/mol. The van der Waals surface area contributed by atoms with Gasteiger partial charge in [0.1, 0.15) is 5.76 Å². The van der Waals surface area contributed by atoms with Crippen LogP contribution in [0.25, 0.3) is 26.4 Å². The Morgan fingerprint density at radius 2 is 1.86 bits per heavy atom. The molecule has 3 aromatic heterocycles. The number of fused-ring (bicyclic) bond motifs is 3. The highest BCUT2D eigenvalue weighted by atomic mass is 32.1. The van der Waals surface area contributed by atoms with Crippen LogP contribution in [0.15, 0.2) is 59.3 Å². The first kappa shape index (κ1) is 23.6. The van der Waals surface area contributed by atoms with E-state index in [9.17, 15) is 9.59 Å². The Balaban J connectivity index is 1.31. The summed E-state index contributed by atoms with van der Waals surface area (Å²) < 4.78 is 13.4. The lowest BCUT2D eigenvalue weighted by molar-refractivity contribution is 0.0526. The number of esters is 1. The van der Waals surface area contributed by atoms with Crippen molar-refractivity contribution < 1.29 is 18.8 Å². The summed E-state index contributed by atoms with van der Waals surface area (Å²) in [5.74, 6) is 0.696. The summed E-state index contributed by atoms with van der Waals surface area (Å²) >= 11 is 1.55. The van der Waals surface area contributed by atoms with E-state index in [4.69, 9.17) is 14.2 Å². The maximum atomic E-state index is 12.4. The number of thiazole rings is 1. The Morgan fingerprint density at radius 3 is 2.56 bits per heavy atom. The first-order valence-electron chi connectivity index (χ1n) is 11.5. The number of nitrogens with one attached hydrogen (secondary N) is 2. The van der Waals surface area contributed by atoms with Crippen molar-refractivity contribution in [3.8, 4) is 11.3 Å². The van der Waals surface area contributed by atoms with Crippen molar-refractivity contribution in [2.24, 2.45) is 0 Å². The number of carbonyl (C=O) groups is 2. The minimum atomic E-state index is -0.414. The largest absolute Gasteiger partial charge is 0.462 e. The third-order valence-corrected chi connectivity index (χ3v) is 6.57. The zero-order valence-corrected chi connectivity index (χ0v) is 21.1. The fourth-order valence-electron chi connectivity index (χ4n) is 3.67. The quantitative estimate of drug-likeness (QED) is 0.272. The van der Waals surface area contributed by atoms with Crippen molar-refractivity contribution in [1.29, 1.82) is 0 Å². The number of carbonyl (C=O) groups excluding carboxylic acids is 2. The van der Waals surface area contributed by atoms with Crippen LogP contribution in [0.5, 0.6) is 0 Å². The lowest BCUT2D eigenvalue weighted by Crippen LogP contribution is -2.19. The van der Waals surface area contributed by atoms with Crippen LogP contribution in [-0.2, 0) is 10.2 Å². The highest BCUT2D eigenvalue weighted by molar-refractivity contribution is 7.23. The van der Waals surface area contributed by atoms with E-state index in [-0.39, 0.29) is 11.4 Å². The molecule has 5 rings (SSSR count). The third kappa shape index (κ3) is 4.67. The van der Waals surface area contributed by atoms with E-state index < -0.39 is 6.03 Å². The molecule has 0 fully saturated rings. The van der Waals surface area contributed by atoms with Crippen molar-refractivity contribution in [3.63, 3.8) is 0 Å². The Bertz CT molecular complexity index is 1570. The second-order valence-corrected chi connectivity index (χ2v) is 10.3. The highest BCUT2D eigenvalue weighted by Gasteiger charge is 2.20. The van der Waals surface area contributed by atoms with E-state index in [1.54, 1.807) is 30.4 Å². The molecule has 0 aliphatic rings. The van der Waals surface area contributed by atoms with E-state index in [1.807, 2.05) is 67.8 Å². The van der Waals surface area contributed by atoms with Crippen LogP contribution in [0.1, 0.15) is 43.8 Å². The van der Waals surface area contributed by atoms with Gasteiger partial charge in [-0.1, -0.05) is 49.4 Å². The van der Waals surface area contributed by atoms with Crippen LogP contribution in [-0.4, -0.2) is 33.1 Å². The van der Waals surface area contributed by atoms with Crippen molar-refractivity contribution in [2.45, 2.75) is 33.1 Å². The number of urea groups is 1. The molecule has 0 unspecified atom stereocenters. The summed E-state index contributed by atoms with van der Waals surface area (Å²) in [6.45, 7) is 8.13. The van der Waals surface area contributed by atoms with Gasteiger partial charge in [0.05, 0.1) is 28.1 Å². The predicted molar refractivity (Wildman–Crippen MR) is 140 cm³/mol. The van der Waals surface area contributed by atoms with Gasteiger partial charge in [0.2, 0.25) is 0 Å². The monoisotopic (exact) mass is 503 g/mol. The third-order valence-electron chi connectivity index (χ3n) is 5.53. The van der Waals surface area contributed by atoms with Crippen LogP contribution < -0.4 is 10.6 Å². The molecule has 5 aromatic rings. The summed E-state index contributed by atoms with van der Waals surface area (Å²) in [5, 5.41) is 9.37. The molecule has 36 heavy (non-hydrogen) atoms. The first-order valence-corrected chi connectivity index (χ1v) is 12.3. The summed E-state index contributed by atoms with van der Waals surface area (Å²) in [7, 11) is 0. The second-order valence-electron chi connectivity index (χ2n) is 9.27. The summed E-state index contributed by atoms with van der Waals surface area (Å²) in [5.41, 5.74) is 3.53. The van der Waals surface area contributed by atoms with Gasteiger partial charge in [-0.2, -0.15) is 0 Å². The number of hydrogen-bond acceptors (Lipinski definition) is 7. The molecule has 184 valence electrons. The van der Waals surface area contributed by atoms with Gasteiger partial charge in [0.15, 0.2) is 10.8 Å². The topological polar surface area (TPSA) is 111 Å². The van der Waals surface area contributed by atoms with Crippen LogP contribution in [0, 0.1) is 0 Å². The zero-order chi connectivity index (χ0) is 25.4. The van der Waals surface area contributed by atoms with Gasteiger partial charge in [-0.05, 0) is 37.3 Å². The van der Waals surface area contributed by atoms with E-state index in [2.05, 4.69) is 15.8 Å². The summed E-state index contributed by atoms with van der Waals surface area (Å²) in [6.07, 6.45) is 1.94. The molecule has 0 radical (unpaired) electrons. The molecule has 0 saturated heterocycles. The van der Waals surface area contributed by atoms with Crippen molar-refractivity contribution in [1.82, 2.24) is 14.5 Å². The molecule has 0 aliphatic heterocycles. The number of aromatic nitrogens is 3. The minimum absolute atomic E-state index is 0.198. The standard InChI is InChI=1S/C26H25N5O4S/c1-5-34-23(32)16-8-11-20-19(12-16)31-14-18(28-25(31)36-20)15-6-9-17(10-7-15)27-24(33)29-22-13-21(35-30-22)26(2,3)4/h6-14H,5H2,1-4H3,(H2,27,29,30,33). The Kier molecular flexibility index (Phi) is 5.97. The molecular weight excluding hydrogens is 478 g/mol. The molecule has 0 saturated carbocycles. The number of hydrogen-bond donors (Lipinski definition) is 2. The summed E-state index contributed by atoms with van der Waals surface area (Å²) in [4.78, 5) is 30.1. The SMILES string of the molecule is CCOC(=O)c1ccc2sc3nc(-c4ccc(NC(=O)Nc5cc(C(C)(C)C)on5)cc4)cn3c2c1. The molecular formula is C26H25N5O4S. The van der Waals surface area contributed by atoms with Crippen LogP contribution in [0.3, 0.4) is 0 Å². The van der Waals surface area contributed by atoms with Gasteiger partial charge in [-0.25, -0.2) is 14.6 Å².